The molecule has 2 rings (SSSR count). The number of carbonyl (C=O) groups is 1. The standard InChI is InChI=1S/C17H18F3N3O3S/c1-22(2)27(25,26)23(3)15-10-4-12(5-11-15)16(24)21-14-8-6-13(7-9-14)17(18,19)20/h4-11H,1-3H3,(H,21,24). The maximum atomic E-state index is 12.5. The molecule has 0 atom stereocenters. The van der Waals surface area contributed by atoms with Gasteiger partial charge in [0.25, 0.3) is 5.91 Å². The fourth-order valence-corrected chi connectivity index (χ4v) is 3.02. The summed E-state index contributed by atoms with van der Waals surface area (Å²) in [7, 11) is 0.529. The number of benzene rings is 2. The lowest BCUT2D eigenvalue weighted by atomic mass is 10.1. The third-order valence-electron chi connectivity index (χ3n) is 3.77. The van der Waals surface area contributed by atoms with Crippen LogP contribution in [0.3, 0.4) is 0 Å². The fraction of sp³-hybridized carbons (Fsp3) is 0.235. The molecule has 0 saturated heterocycles. The van der Waals surface area contributed by atoms with E-state index in [9.17, 15) is 26.4 Å². The van der Waals surface area contributed by atoms with Crippen LogP contribution in [-0.4, -0.2) is 39.8 Å². The summed E-state index contributed by atoms with van der Waals surface area (Å²) >= 11 is 0. The van der Waals surface area contributed by atoms with E-state index in [0.29, 0.717) is 5.69 Å². The predicted molar refractivity (Wildman–Crippen MR) is 96.8 cm³/mol. The Bertz CT molecular complexity index is 909. The van der Waals surface area contributed by atoms with Crippen molar-refractivity contribution in [1.82, 2.24) is 4.31 Å². The topological polar surface area (TPSA) is 69.7 Å². The highest BCUT2D eigenvalue weighted by Crippen LogP contribution is 2.30. The lowest BCUT2D eigenvalue weighted by Crippen LogP contribution is -2.37. The molecule has 0 saturated carbocycles. The van der Waals surface area contributed by atoms with Crippen molar-refractivity contribution in [3.8, 4) is 0 Å². The first-order chi connectivity index (χ1) is 12.4. The van der Waals surface area contributed by atoms with Gasteiger partial charge in [0.05, 0.1) is 11.3 Å². The summed E-state index contributed by atoms with van der Waals surface area (Å²) in [5.74, 6) is -0.528. The second-order valence-corrected chi connectivity index (χ2v) is 8.01. The predicted octanol–water partition coefficient (Wildman–Crippen LogP) is 3.20. The quantitative estimate of drug-likeness (QED) is 0.837. The maximum absolute atomic E-state index is 12.5. The number of hydrogen-bond donors (Lipinski definition) is 1. The van der Waals surface area contributed by atoms with Crippen LogP contribution < -0.4 is 9.62 Å². The average Bonchev–Trinajstić information content (AvgIpc) is 2.60. The molecule has 0 bridgehead atoms. The molecule has 0 aliphatic heterocycles. The van der Waals surface area contributed by atoms with Crippen LogP contribution in [0.2, 0.25) is 0 Å². The van der Waals surface area contributed by atoms with Crippen molar-refractivity contribution in [3.05, 3.63) is 59.7 Å². The minimum atomic E-state index is -4.45. The number of nitrogens with one attached hydrogen (secondary N) is 1. The number of amides is 1. The van der Waals surface area contributed by atoms with E-state index in [1.165, 1.54) is 45.4 Å². The van der Waals surface area contributed by atoms with Crippen molar-refractivity contribution in [2.24, 2.45) is 0 Å². The summed E-state index contributed by atoms with van der Waals surface area (Å²) in [5, 5.41) is 2.49. The zero-order chi connectivity index (χ0) is 20.4. The molecule has 0 fully saturated rings. The van der Waals surface area contributed by atoms with E-state index in [-0.39, 0.29) is 11.3 Å². The monoisotopic (exact) mass is 401 g/mol. The number of carbonyl (C=O) groups excluding carboxylic acids is 1. The first-order valence-corrected chi connectivity index (χ1v) is 9.07. The average molecular weight is 401 g/mol. The van der Waals surface area contributed by atoms with Gasteiger partial charge in [-0.05, 0) is 48.5 Å². The lowest BCUT2D eigenvalue weighted by Gasteiger charge is -2.23. The summed E-state index contributed by atoms with van der Waals surface area (Å²) in [4.78, 5) is 12.2. The first-order valence-electron chi connectivity index (χ1n) is 7.68. The fourth-order valence-electron chi connectivity index (χ4n) is 2.15. The molecular weight excluding hydrogens is 383 g/mol. The molecule has 27 heavy (non-hydrogen) atoms. The van der Waals surface area contributed by atoms with Crippen molar-refractivity contribution in [2.75, 3.05) is 30.8 Å². The van der Waals surface area contributed by atoms with Crippen molar-refractivity contribution in [1.29, 1.82) is 0 Å². The highest BCUT2D eigenvalue weighted by molar-refractivity contribution is 7.90. The van der Waals surface area contributed by atoms with Gasteiger partial charge in [-0.3, -0.25) is 9.10 Å². The van der Waals surface area contributed by atoms with Gasteiger partial charge in [0.2, 0.25) is 0 Å². The van der Waals surface area contributed by atoms with Crippen molar-refractivity contribution in [2.45, 2.75) is 6.18 Å². The molecule has 146 valence electrons. The highest BCUT2D eigenvalue weighted by Gasteiger charge is 2.30. The number of nitrogens with zero attached hydrogens (tertiary/aromatic N) is 2. The van der Waals surface area contributed by atoms with E-state index < -0.39 is 27.9 Å². The van der Waals surface area contributed by atoms with Crippen molar-refractivity contribution in [3.63, 3.8) is 0 Å². The minimum Gasteiger partial charge on any atom is -0.322 e. The van der Waals surface area contributed by atoms with Crippen LogP contribution in [0.4, 0.5) is 24.5 Å². The second-order valence-electron chi connectivity index (χ2n) is 5.83. The molecule has 0 aromatic heterocycles. The number of hydrogen-bond acceptors (Lipinski definition) is 3. The van der Waals surface area contributed by atoms with Gasteiger partial charge in [-0.15, -0.1) is 0 Å². The van der Waals surface area contributed by atoms with E-state index in [2.05, 4.69) is 5.32 Å². The summed E-state index contributed by atoms with van der Waals surface area (Å²) in [6.07, 6.45) is -4.45. The molecule has 1 amide bonds. The number of anilines is 2. The van der Waals surface area contributed by atoms with E-state index >= 15 is 0 Å². The van der Waals surface area contributed by atoms with Crippen LogP contribution in [-0.2, 0) is 16.4 Å². The third kappa shape index (κ3) is 4.77. The van der Waals surface area contributed by atoms with Crippen molar-refractivity contribution >= 4 is 27.5 Å². The van der Waals surface area contributed by atoms with E-state index in [1.54, 1.807) is 0 Å². The van der Waals surface area contributed by atoms with Crippen LogP contribution >= 0.6 is 0 Å². The van der Waals surface area contributed by atoms with Gasteiger partial charge in [-0.2, -0.15) is 25.9 Å². The van der Waals surface area contributed by atoms with Gasteiger partial charge in [0.1, 0.15) is 0 Å². The molecule has 2 aromatic rings. The second kappa shape index (κ2) is 7.57. The number of alkyl halides is 3. The molecule has 0 radical (unpaired) electrons. The Morgan fingerprint density at radius 3 is 1.89 bits per heavy atom. The van der Waals surface area contributed by atoms with Gasteiger partial charge < -0.3 is 5.32 Å². The van der Waals surface area contributed by atoms with Crippen LogP contribution in [0.5, 0.6) is 0 Å². The Labute approximate surface area is 155 Å². The summed E-state index contributed by atoms with van der Waals surface area (Å²) in [6, 6.07) is 9.84. The number of halogens is 3. The number of rotatable bonds is 5. The maximum Gasteiger partial charge on any atom is 0.416 e. The zero-order valence-corrected chi connectivity index (χ0v) is 15.6. The van der Waals surface area contributed by atoms with Crippen LogP contribution in [0, 0.1) is 0 Å². The smallest absolute Gasteiger partial charge is 0.322 e. The van der Waals surface area contributed by atoms with Crippen molar-refractivity contribution < 1.29 is 26.4 Å². The van der Waals surface area contributed by atoms with Gasteiger partial charge in [-0.1, -0.05) is 0 Å². The molecule has 2 aromatic carbocycles. The summed E-state index contributed by atoms with van der Waals surface area (Å²) in [6.45, 7) is 0. The van der Waals surface area contributed by atoms with Gasteiger partial charge in [-0.25, -0.2) is 0 Å². The third-order valence-corrected chi connectivity index (χ3v) is 5.60. The van der Waals surface area contributed by atoms with Gasteiger partial charge >= 0.3 is 16.4 Å². The normalized spacial score (nSPS) is 12.1. The lowest BCUT2D eigenvalue weighted by molar-refractivity contribution is -0.137. The molecule has 0 heterocycles. The summed E-state index contributed by atoms with van der Waals surface area (Å²) in [5.41, 5.74) is -0.0107. The minimum absolute atomic E-state index is 0.212. The van der Waals surface area contributed by atoms with Gasteiger partial charge in [0, 0.05) is 32.4 Å². The zero-order valence-electron chi connectivity index (χ0n) is 14.8. The molecule has 6 nitrogen and oxygen atoms in total. The first kappa shape index (κ1) is 20.7. The van der Waals surface area contributed by atoms with E-state index in [1.807, 2.05) is 0 Å². The Balaban J connectivity index is 2.12. The molecule has 10 heteroatoms. The van der Waals surface area contributed by atoms with E-state index in [4.69, 9.17) is 0 Å². The molecular formula is C17H18F3N3O3S. The summed E-state index contributed by atoms with van der Waals surface area (Å²) < 4.78 is 63.9. The molecule has 0 spiro atoms. The SMILES string of the molecule is CN(C)S(=O)(=O)N(C)c1ccc(C(=O)Nc2ccc(C(F)(F)F)cc2)cc1. The Hall–Kier alpha value is -2.59. The Kier molecular flexibility index (Phi) is 5.81. The van der Waals surface area contributed by atoms with Gasteiger partial charge in [0.15, 0.2) is 0 Å². The molecule has 0 unspecified atom stereocenters. The molecule has 0 aliphatic carbocycles. The molecule has 0 aliphatic rings. The van der Waals surface area contributed by atoms with Crippen LogP contribution in [0.1, 0.15) is 15.9 Å². The van der Waals surface area contributed by atoms with Crippen LogP contribution in [0.15, 0.2) is 48.5 Å². The Morgan fingerprint density at radius 1 is 0.926 bits per heavy atom. The largest absolute Gasteiger partial charge is 0.416 e. The van der Waals surface area contributed by atoms with Crippen LogP contribution in [0.25, 0.3) is 0 Å². The Morgan fingerprint density at radius 2 is 1.44 bits per heavy atom. The molecule has 1 N–H and O–H groups in total. The highest BCUT2D eigenvalue weighted by atomic mass is 32.2. The van der Waals surface area contributed by atoms with E-state index in [0.717, 1.165) is 32.9 Å².